The van der Waals surface area contributed by atoms with Crippen LogP contribution in [0.4, 0.5) is 4.39 Å². The van der Waals surface area contributed by atoms with E-state index < -0.39 is 22.9 Å². The van der Waals surface area contributed by atoms with Crippen LogP contribution in [0, 0.1) is 10.1 Å². The molecule has 1 N–H and O–H groups in total. The van der Waals surface area contributed by atoms with E-state index in [2.05, 4.69) is 0 Å². The first kappa shape index (κ1) is 11.5. The molecule has 5 heteroatoms. The topological polar surface area (TPSA) is 63.4 Å². The van der Waals surface area contributed by atoms with E-state index in [1.54, 1.807) is 24.3 Å². The van der Waals surface area contributed by atoms with Crippen molar-refractivity contribution in [3.05, 3.63) is 63.9 Å². The van der Waals surface area contributed by atoms with Gasteiger partial charge < -0.3 is 5.11 Å². The Kier molecular flexibility index (Phi) is 2.77. The molecule has 1 aromatic rings. The lowest BCUT2D eigenvalue weighted by atomic mass is 9.92. The fourth-order valence-electron chi connectivity index (χ4n) is 1.76. The summed E-state index contributed by atoms with van der Waals surface area (Å²) in [5, 5.41) is 19.9. The van der Waals surface area contributed by atoms with Crippen LogP contribution in [0.25, 0.3) is 5.57 Å². The van der Waals surface area contributed by atoms with Gasteiger partial charge in [0, 0.05) is 12.5 Å². The minimum Gasteiger partial charge on any atom is -0.353 e. The van der Waals surface area contributed by atoms with Gasteiger partial charge >= 0.3 is 11.6 Å². The molecule has 4 nitrogen and oxygen atoms in total. The Labute approximate surface area is 96.8 Å². The van der Waals surface area contributed by atoms with Crippen molar-refractivity contribution in [2.75, 3.05) is 0 Å². The molecule has 1 unspecified atom stereocenters. The van der Waals surface area contributed by atoms with Crippen molar-refractivity contribution in [3.8, 4) is 0 Å². The Balaban J connectivity index is 2.39. The minimum atomic E-state index is -2.91. The number of rotatable bonds is 2. The zero-order valence-electron chi connectivity index (χ0n) is 8.84. The normalized spacial score (nSPS) is 23.9. The predicted octanol–water partition coefficient (Wildman–Crippen LogP) is 2.29. The average molecular weight is 235 g/mol. The van der Waals surface area contributed by atoms with Crippen LogP contribution in [-0.2, 0) is 0 Å². The number of aliphatic hydroxyl groups is 1. The second-order valence-electron chi connectivity index (χ2n) is 3.80. The number of hydrogen-bond acceptors (Lipinski definition) is 3. The van der Waals surface area contributed by atoms with E-state index in [0.29, 0.717) is 5.57 Å². The standard InChI is InChI=1S/C12H10FNO3/c13-12(15)8-10(6-7-11(12)14(16)17)9-4-2-1-3-5-9/h1-7,15H,8H2. The summed E-state index contributed by atoms with van der Waals surface area (Å²) in [5.74, 6) is -2.91. The van der Waals surface area contributed by atoms with E-state index >= 15 is 0 Å². The van der Waals surface area contributed by atoms with Gasteiger partial charge in [0.05, 0.1) is 4.92 Å². The predicted molar refractivity (Wildman–Crippen MR) is 60.2 cm³/mol. The van der Waals surface area contributed by atoms with Crippen LogP contribution in [0.1, 0.15) is 12.0 Å². The Hall–Kier alpha value is -2.01. The van der Waals surface area contributed by atoms with Gasteiger partial charge in [0.1, 0.15) is 0 Å². The molecule has 0 heterocycles. The van der Waals surface area contributed by atoms with E-state index in [1.807, 2.05) is 6.07 Å². The van der Waals surface area contributed by atoms with Crippen LogP contribution in [0.2, 0.25) is 0 Å². The largest absolute Gasteiger partial charge is 0.353 e. The molecule has 0 aromatic heterocycles. The maximum absolute atomic E-state index is 13.7. The van der Waals surface area contributed by atoms with Crippen LogP contribution in [0.15, 0.2) is 48.2 Å². The van der Waals surface area contributed by atoms with Crippen LogP contribution in [0.5, 0.6) is 0 Å². The van der Waals surface area contributed by atoms with Gasteiger partial charge in [-0.2, -0.15) is 4.39 Å². The Morgan fingerprint density at radius 3 is 2.47 bits per heavy atom. The Morgan fingerprint density at radius 1 is 1.29 bits per heavy atom. The van der Waals surface area contributed by atoms with Crippen molar-refractivity contribution in [2.45, 2.75) is 12.3 Å². The lowest BCUT2D eigenvalue weighted by Crippen LogP contribution is -2.31. The van der Waals surface area contributed by atoms with Crippen LogP contribution in [0.3, 0.4) is 0 Å². The van der Waals surface area contributed by atoms with Crippen molar-refractivity contribution < 1.29 is 14.4 Å². The third-order valence-corrected chi connectivity index (χ3v) is 2.60. The van der Waals surface area contributed by atoms with E-state index in [-0.39, 0.29) is 0 Å². The monoisotopic (exact) mass is 235 g/mol. The molecule has 0 saturated heterocycles. The molecule has 1 aliphatic rings. The molecule has 1 aliphatic carbocycles. The van der Waals surface area contributed by atoms with Crippen LogP contribution < -0.4 is 0 Å². The van der Waals surface area contributed by atoms with Gasteiger partial charge in [0.25, 0.3) is 0 Å². The van der Waals surface area contributed by atoms with Gasteiger partial charge in [-0.25, -0.2) is 0 Å². The number of hydrogen-bond donors (Lipinski definition) is 1. The molecule has 0 amide bonds. The Bertz CT molecular complexity index is 506. The maximum Gasteiger partial charge on any atom is 0.310 e. The first-order chi connectivity index (χ1) is 8.00. The first-order valence-corrected chi connectivity index (χ1v) is 5.03. The van der Waals surface area contributed by atoms with Gasteiger partial charge in [-0.15, -0.1) is 0 Å². The number of alkyl halides is 1. The van der Waals surface area contributed by atoms with Crippen LogP contribution in [-0.4, -0.2) is 15.9 Å². The number of nitro groups is 1. The average Bonchev–Trinajstić information content (AvgIpc) is 2.28. The SMILES string of the molecule is O=[N+]([O-])C1=CC=C(c2ccccc2)CC1(O)F. The summed E-state index contributed by atoms with van der Waals surface area (Å²) in [7, 11) is 0. The first-order valence-electron chi connectivity index (χ1n) is 5.03. The van der Waals surface area contributed by atoms with Gasteiger partial charge in [-0.05, 0) is 11.1 Å². The third kappa shape index (κ3) is 2.24. The fourth-order valence-corrected chi connectivity index (χ4v) is 1.76. The summed E-state index contributed by atoms with van der Waals surface area (Å²) >= 11 is 0. The summed E-state index contributed by atoms with van der Waals surface area (Å²) in [4.78, 5) is 9.62. The molecule has 88 valence electrons. The van der Waals surface area contributed by atoms with Gasteiger partial charge in [0.15, 0.2) is 0 Å². The number of benzene rings is 1. The van der Waals surface area contributed by atoms with Crippen LogP contribution >= 0.6 is 0 Å². The van der Waals surface area contributed by atoms with Crippen molar-refractivity contribution in [2.24, 2.45) is 0 Å². The van der Waals surface area contributed by atoms with Crippen molar-refractivity contribution in [1.29, 1.82) is 0 Å². The number of nitrogens with zero attached hydrogens (tertiary/aromatic N) is 1. The lowest BCUT2D eigenvalue weighted by Gasteiger charge is -2.21. The highest BCUT2D eigenvalue weighted by molar-refractivity contribution is 5.69. The third-order valence-electron chi connectivity index (χ3n) is 2.60. The summed E-state index contributed by atoms with van der Waals surface area (Å²) in [6.07, 6.45) is 2.05. The van der Waals surface area contributed by atoms with E-state index in [1.165, 1.54) is 6.08 Å². The van der Waals surface area contributed by atoms with Crippen molar-refractivity contribution in [3.63, 3.8) is 0 Å². The molecule has 0 radical (unpaired) electrons. The van der Waals surface area contributed by atoms with E-state index in [4.69, 9.17) is 0 Å². The molecular weight excluding hydrogens is 225 g/mol. The quantitative estimate of drug-likeness (QED) is 0.631. The summed E-state index contributed by atoms with van der Waals surface area (Å²) in [6.45, 7) is 0. The highest BCUT2D eigenvalue weighted by atomic mass is 19.2. The summed E-state index contributed by atoms with van der Waals surface area (Å²) in [5.41, 5.74) is 0.445. The van der Waals surface area contributed by atoms with Gasteiger partial charge in [-0.3, -0.25) is 10.1 Å². The molecule has 0 saturated carbocycles. The second kappa shape index (κ2) is 4.10. The van der Waals surface area contributed by atoms with Gasteiger partial charge in [-0.1, -0.05) is 36.4 Å². The fraction of sp³-hybridized carbons (Fsp3) is 0.167. The molecule has 2 rings (SSSR count). The zero-order chi connectivity index (χ0) is 12.5. The smallest absolute Gasteiger partial charge is 0.310 e. The van der Waals surface area contributed by atoms with Gasteiger partial charge in [0.2, 0.25) is 0 Å². The number of halogens is 1. The minimum absolute atomic E-state index is 0.413. The molecule has 1 atom stereocenters. The zero-order valence-corrected chi connectivity index (χ0v) is 8.84. The molecule has 0 bridgehead atoms. The van der Waals surface area contributed by atoms with Crippen molar-refractivity contribution >= 4 is 5.57 Å². The molecule has 0 spiro atoms. The molecular formula is C12H10FNO3. The highest BCUT2D eigenvalue weighted by Crippen LogP contribution is 2.35. The molecule has 17 heavy (non-hydrogen) atoms. The molecule has 0 fully saturated rings. The summed E-state index contributed by atoms with van der Waals surface area (Å²) < 4.78 is 13.7. The second-order valence-corrected chi connectivity index (χ2v) is 3.80. The molecule has 1 aromatic carbocycles. The molecule has 0 aliphatic heterocycles. The van der Waals surface area contributed by atoms with Crippen molar-refractivity contribution in [1.82, 2.24) is 0 Å². The lowest BCUT2D eigenvalue weighted by molar-refractivity contribution is -0.453. The van der Waals surface area contributed by atoms with E-state index in [9.17, 15) is 19.6 Å². The summed E-state index contributed by atoms with van der Waals surface area (Å²) in [6, 6.07) is 8.88. The maximum atomic E-state index is 13.7. The Morgan fingerprint density at radius 2 is 1.94 bits per heavy atom. The van der Waals surface area contributed by atoms with E-state index in [0.717, 1.165) is 11.6 Å². The number of allylic oxidation sites excluding steroid dienone is 2. The highest BCUT2D eigenvalue weighted by Gasteiger charge is 2.43.